The van der Waals surface area contributed by atoms with Crippen molar-refractivity contribution in [1.29, 1.82) is 0 Å². The van der Waals surface area contributed by atoms with E-state index in [1.165, 1.54) is 0 Å². The fourth-order valence-electron chi connectivity index (χ4n) is 1.54. The summed E-state index contributed by atoms with van der Waals surface area (Å²) in [5.74, 6) is 0.185. The number of hydrogen-bond acceptors (Lipinski definition) is 3. The van der Waals surface area contributed by atoms with Gasteiger partial charge in [-0.3, -0.25) is 4.79 Å². The van der Waals surface area contributed by atoms with Crippen molar-refractivity contribution in [3.63, 3.8) is 0 Å². The average Bonchev–Trinajstić information content (AvgIpc) is 2.16. The quantitative estimate of drug-likeness (QED) is 0.607. The Hall–Kier alpha value is -1.71. The molecule has 0 radical (unpaired) electrons. The number of benzene rings is 1. The second kappa shape index (κ2) is 2.90. The van der Waals surface area contributed by atoms with Gasteiger partial charge in [0.15, 0.2) is 0 Å². The van der Waals surface area contributed by atoms with E-state index in [9.17, 15) is 9.90 Å². The van der Waals surface area contributed by atoms with Gasteiger partial charge in [0.05, 0.1) is 11.4 Å². The highest BCUT2D eigenvalue weighted by molar-refractivity contribution is 6.03. The number of nitrogens with zero attached hydrogens (tertiary/aromatic N) is 1. The average molecular weight is 192 g/mol. The Balaban J connectivity index is 2.51. The molecule has 0 aliphatic carbocycles. The van der Waals surface area contributed by atoms with Gasteiger partial charge >= 0.3 is 0 Å². The van der Waals surface area contributed by atoms with E-state index in [1.54, 1.807) is 18.2 Å². The van der Waals surface area contributed by atoms with Gasteiger partial charge in [0.25, 0.3) is 0 Å². The Labute approximate surface area is 82.2 Å². The molecule has 1 aliphatic heterocycles. The number of carbonyl (C=O) groups excluding carboxylic acids is 1. The number of aromatic hydroxyl groups is 1. The fraction of sp³-hybridized carbons (Fsp3) is 0.300. The molecule has 4 heteroatoms. The molecule has 0 bridgehead atoms. The van der Waals surface area contributed by atoms with Crippen LogP contribution in [0.4, 0.5) is 11.4 Å². The largest absolute Gasteiger partial charge is 0.508 e. The number of likely N-dealkylation sites (N-methyl/N-ethyl adjacent to an activating group) is 1. The SMILES string of the molecule is CC1C(=O)Nc2ccc(O)cc2N1C. The van der Waals surface area contributed by atoms with Crippen molar-refractivity contribution in [3.8, 4) is 5.75 Å². The van der Waals surface area contributed by atoms with E-state index in [0.717, 1.165) is 11.4 Å². The maximum Gasteiger partial charge on any atom is 0.246 e. The maximum absolute atomic E-state index is 11.4. The Morgan fingerprint density at radius 1 is 1.50 bits per heavy atom. The molecule has 0 spiro atoms. The van der Waals surface area contributed by atoms with E-state index >= 15 is 0 Å². The summed E-state index contributed by atoms with van der Waals surface area (Å²) < 4.78 is 0. The minimum Gasteiger partial charge on any atom is -0.508 e. The third kappa shape index (κ3) is 1.19. The number of carbonyl (C=O) groups is 1. The van der Waals surface area contributed by atoms with Gasteiger partial charge in [-0.15, -0.1) is 0 Å². The molecule has 74 valence electrons. The van der Waals surface area contributed by atoms with Crippen LogP contribution in [-0.4, -0.2) is 24.1 Å². The molecule has 2 N–H and O–H groups in total. The van der Waals surface area contributed by atoms with Crippen molar-refractivity contribution in [1.82, 2.24) is 0 Å². The monoisotopic (exact) mass is 192 g/mol. The summed E-state index contributed by atoms with van der Waals surface area (Å²) in [6.45, 7) is 1.82. The number of fused-ring (bicyclic) bond motifs is 1. The number of phenols is 1. The van der Waals surface area contributed by atoms with Gasteiger partial charge in [0, 0.05) is 13.1 Å². The number of phenolic OH excluding ortho intramolecular Hbond substituents is 1. The van der Waals surface area contributed by atoms with Crippen molar-refractivity contribution in [3.05, 3.63) is 18.2 Å². The summed E-state index contributed by atoms with van der Waals surface area (Å²) in [6.07, 6.45) is 0. The van der Waals surface area contributed by atoms with Crippen LogP contribution in [0.2, 0.25) is 0 Å². The molecule has 0 fully saturated rings. The molecule has 0 aromatic heterocycles. The van der Waals surface area contributed by atoms with E-state index in [2.05, 4.69) is 5.32 Å². The molecule has 1 aromatic rings. The first-order chi connectivity index (χ1) is 6.59. The van der Waals surface area contributed by atoms with Crippen LogP contribution in [0.3, 0.4) is 0 Å². The first kappa shape index (κ1) is 8.87. The van der Waals surface area contributed by atoms with Crippen LogP contribution in [-0.2, 0) is 4.79 Å². The minimum absolute atomic E-state index is 0.0225. The van der Waals surface area contributed by atoms with Crippen LogP contribution in [0, 0.1) is 0 Å². The molecule has 1 heterocycles. The van der Waals surface area contributed by atoms with Gasteiger partial charge in [-0.25, -0.2) is 0 Å². The second-order valence-electron chi connectivity index (χ2n) is 3.48. The number of nitrogens with one attached hydrogen (secondary N) is 1. The van der Waals surface area contributed by atoms with Gasteiger partial charge in [-0.2, -0.15) is 0 Å². The molecule has 1 amide bonds. The molecule has 4 nitrogen and oxygen atoms in total. The van der Waals surface area contributed by atoms with Crippen molar-refractivity contribution in [2.24, 2.45) is 0 Å². The standard InChI is InChI=1S/C10H12N2O2/c1-6-10(14)11-8-4-3-7(13)5-9(8)12(6)2/h3-6,13H,1-2H3,(H,11,14). The lowest BCUT2D eigenvalue weighted by Crippen LogP contribution is -2.43. The van der Waals surface area contributed by atoms with Gasteiger partial charge in [0.1, 0.15) is 11.8 Å². The van der Waals surface area contributed by atoms with Crippen molar-refractivity contribution < 1.29 is 9.90 Å². The highest BCUT2D eigenvalue weighted by Gasteiger charge is 2.26. The summed E-state index contributed by atoms with van der Waals surface area (Å²) in [6, 6.07) is 4.70. The zero-order chi connectivity index (χ0) is 10.3. The summed E-state index contributed by atoms with van der Waals surface area (Å²) in [5, 5.41) is 12.1. The van der Waals surface area contributed by atoms with Gasteiger partial charge in [-0.1, -0.05) is 0 Å². The normalized spacial score (nSPS) is 20.3. The maximum atomic E-state index is 11.4. The third-order valence-electron chi connectivity index (χ3n) is 2.58. The molecule has 1 atom stereocenters. The lowest BCUT2D eigenvalue weighted by Gasteiger charge is -2.33. The molecule has 0 saturated carbocycles. The summed E-state index contributed by atoms with van der Waals surface area (Å²) in [4.78, 5) is 13.3. The van der Waals surface area contributed by atoms with E-state index in [4.69, 9.17) is 0 Å². The Morgan fingerprint density at radius 3 is 2.93 bits per heavy atom. The van der Waals surface area contributed by atoms with Gasteiger partial charge in [-0.05, 0) is 19.1 Å². The number of anilines is 2. The third-order valence-corrected chi connectivity index (χ3v) is 2.58. The van der Waals surface area contributed by atoms with Crippen molar-refractivity contribution in [2.75, 3.05) is 17.3 Å². The van der Waals surface area contributed by atoms with E-state index < -0.39 is 0 Å². The minimum atomic E-state index is -0.204. The molecular weight excluding hydrogens is 180 g/mol. The summed E-state index contributed by atoms with van der Waals surface area (Å²) >= 11 is 0. The van der Waals surface area contributed by atoms with E-state index in [0.29, 0.717) is 0 Å². The number of hydrogen-bond donors (Lipinski definition) is 2. The number of amides is 1. The Bertz CT molecular complexity index is 390. The second-order valence-corrected chi connectivity index (χ2v) is 3.48. The Kier molecular flexibility index (Phi) is 1.84. The first-order valence-electron chi connectivity index (χ1n) is 4.46. The molecule has 0 saturated heterocycles. The fourth-order valence-corrected chi connectivity index (χ4v) is 1.54. The van der Waals surface area contributed by atoms with Crippen LogP contribution in [0.15, 0.2) is 18.2 Å². The van der Waals surface area contributed by atoms with Crippen LogP contribution < -0.4 is 10.2 Å². The summed E-state index contributed by atoms with van der Waals surface area (Å²) in [5.41, 5.74) is 1.59. The van der Waals surface area contributed by atoms with Crippen molar-refractivity contribution >= 4 is 17.3 Å². The lowest BCUT2D eigenvalue weighted by molar-refractivity contribution is -0.117. The first-order valence-corrected chi connectivity index (χ1v) is 4.46. The Morgan fingerprint density at radius 2 is 2.21 bits per heavy atom. The van der Waals surface area contributed by atoms with Gasteiger partial charge < -0.3 is 15.3 Å². The van der Waals surface area contributed by atoms with Gasteiger partial charge in [0.2, 0.25) is 5.91 Å². The van der Waals surface area contributed by atoms with E-state index in [1.807, 2.05) is 18.9 Å². The van der Waals surface area contributed by atoms with E-state index in [-0.39, 0.29) is 17.7 Å². The molecule has 1 aromatic carbocycles. The molecule has 2 rings (SSSR count). The summed E-state index contributed by atoms with van der Waals surface area (Å²) in [7, 11) is 1.84. The van der Waals surface area contributed by atoms with Crippen LogP contribution in [0.25, 0.3) is 0 Å². The number of rotatable bonds is 0. The predicted molar refractivity (Wildman–Crippen MR) is 54.6 cm³/mol. The molecule has 14 heavy (non-hydrogen) atoms. The molecule has 1 unspecified atom stereocenters. The zero-order valence-electron chi connectivity index (χ0n) is 8.11. The highest BCUT2D eigenvalue weighted by Crippen LogP contribution is 2.33. The highest BCUT2D eigenvalue weighted by atomic mass is 16.3. The smallest absolute Gasteiger partial charge is 0.246 e. The topological polar surface area (TPSA) is 52.6 Å². The van der Waals surface area contributed by atoms with Crippen LogP contribution in [0.5, 0.6) is 5.75 Å². The van der Waals surface area contributed by atoms with Crippen LogP contribution in [0.1, 0.15) is 6.92 Å². The predicted octanol–water partition coefficient (Wildman–Crippen LogP) is 1.17. The molecule has 1 aliphatic rings. The lowest BCUT2D eigenvalue weighted by atomic mass is 10.1. The van der Waals surface area contributed by atoms with Crippen LogP contribution >= 0.6 is 0 Å². The molecular formula is C10H12N2O2. The van der Waals surface area contributed by atoms with Crippen molar-refractivity contribution in [2.45, 2.75) is 13.0 Å². The zero-order valence-corrected chi connectivity index (χ0v) is 8.11.